The molecule has 1 aromatic rings. The summed E-state index contributed by atoms with van der Waals surface area (Å²) in [6.45, 7) is 15.5. The van der Waals surface area contributed by atoms with E-state index in [4.69, 9.17) is 18.9 Å². The molecule has 10 nitrogen and oxygen atoms in total. The maximum absolute atomic E-state index is 13.6. The molecule has 0 saturated carbocycles. The van der Waals surface area contributed by atoms with Crippen LogP contribution >= 0.6 is 23.5 Å². The maximum atomic E-state index is 13.6. The first-order chi connectivity index (χ1) is 20.1. The number of nitrogens with zero attached hydrogens (tertiary/aromatic N) is 2. The van der Waals surface area contributed by atoms with Crippen LogP contribution in [0.1, 0.15) is 53.4 Å². The van der Waals surface area contributed by atoms with Crippen molar-refractivity contribution >= 4 is 47.3 Å². The minimum atomic E-state index is -0.504. The molecule has 1 saturated heterocycles. The van der Waals surface area contributed by atoms with Gasteiger partial charge in [-0.05, 0) is 38.8 Å². The normalized spacial score (nSPS) is 14.3. The second-order valence-electron chi connectivity index (χ2n) is 9.68. The Balaban J connectivity index is 1.87. The first-order valence-electron chi connectivity index (χ1n) is 13.9. The van der Waals surface area contributed by atoms with Gasteiger partial charge in [0.2, 0.25) is 0 Å². The van der Waals surface area contributed by atoms with E-state index in [0.717, 1.165) is 25.7 Å². The minimum absolute atomic E-state index is 0.0221. The van der Waals surface area contributed by atoms with Gasteiger partial charge in [0, 0.05) is 24.2 Å². The van der Waals surface area contributed by atoms with Crippen molar-refractivity contribution < 1.29 is 38.1 Å². The van der Waals surface area contributed by atoms with Gasteiger partial charge in [0.1, 0.15) is 43.5 Å². The van der Waals surface area contributed by atoms with E-state index in [2.05, 4.69) is 13.2 Å². The predicted molar refractivity (Wildman–Crippen MR) is 161 cm³/mol. The van der Waals surface area contributed by atoms with E-state index in [1.54, 1.807) is 36.0 Å². The summed E-state index contributed by atoms with van der Waals surface area (Å²) in [6.07, 6.45) is 3.36. The predicted octanol–water partition coefficient (Wildman–Crippen LogP) is 5.28. The molecule has 42 heavy (non-hydrogen) atoms. The van der Waals surface area contributed by atoms with Crippen molar-refractivity contribution in [2.24, 2.45) is 0 Å². The second kappa shape index (κ2) is 15.7. The molecule has 2 amide bonds. The van der Waals surface area contributed by atoms with Crippen LogP contribution in [0.3, 0.4) is 0 Å². The summed E-state index contributed by atoms with van der Waals surface area (Å²) in [4.78, 5) is 51.9. The lowest BCUT2D eigenvalue weighted by Gasteiger charge is -2.27. The van der Waals surface area contributed by atoms with Gasteiger partial charge in [0.15, 0.2) is 0 Å². The number of amides is 2. The summed E-state index contributed by atoms with van der Waals surface area (Å²) in [5, 5.41) is 3.13. The van der Waals surface area contributed by atoms with Crippen LogP contribution in [0.4, 0.5) is 0 Å². The SMILES string of the molecule is C=C(C)C(=O)OCCOc1ccc(OCCOC(=O)C(=C)C)c2c1SC(=C1C(=O)N(CCCC)N(CCCC)C1=O)S2. The molecule has 0 N–H and O–H groups in total. The highest BCUT2D eigenvalue weighted by molar-refractivity contribution is 8.25. The van der Waals surface area contributed by atoms with Crippen molar-refractivity contribution in [3.8, 4) is 11.5 Å². The van der Waals surface area contributed by atoms with Crippen molar-refractivity contribution in [2.75, 3.05) is 39.5 Å². The Morgan fingerprint density at radius 2 is 1.14 bits per heavy atom. The summed E-state index contributed by atoms with van der Waals surface area (Å²) in [5.74, 6) is -0.639. The zero-order valence-electron chi connectivity index (χ0n) is 24.6. The molecule has 2 heterocycles. The number of unbranched alkanes of at least 4 members (excludes halogenated alkanes) is 2. The van der Waals surface area contributed by atoms with Crippen LogP contribution in [-0.4, -0.2) is 73.3 Å². The standard InChI is InChI=1S/C30H38N2O8S2/c1-7-9-13-31-26(33)23(27(34)32(31)14-10-8-2)30-41-24-21(37-15-17-39-28(35)19(3)4)11-12-22(25(24)42-30)38-16-18-40-29(36)20(5)6/h11-12H,3,5,7-10,13-18H2,1-2,4,6H3. The highest BCUT2D eigenvalue weighted by Crippen LogP contribution is 2.59. The molecule has 0 spiro atoms. The fourth-order valence-corrected chi connectivity index (χ4v) is 6.56. The lowest BCUT2D eigenvalue weighted by Crippen LogP contribution is -2.42. The van der Waals surface area contributed by atoms with Crippen molar-refractivity contribution in [3.63, 3.8) is 0 Å². The Hall–Kier alpha value is -3.38. The number of carbonyl (C=O) groups is 4. The van der Waals surface area contributed by atoms with Gasteiger partial charge >= 0.3 is 11.9 Å². The highest BCUT2D eigenvalue weighted by atomic mass is 32.2. The average molecular weight is 619 g/mol. The Bertz CT molecular complexity index is 1180. The number of hydrazine groups is 1. The molecule has 0 bridgehead atoms. The summed E-state index contributed by atoms with van der Waals surface area (Å²) in [7, 11) is 0. The van der Waals surface area contributed by atoms with Crippen LogP contribution in [0, 0.1) is 0 Å². The van der Waals surface area contributed by atoms with Gasteiger partial charge in [-0.2, -0.15) is 0 Å². The summed E-state index contributed by atoms with van der Waals surface area (Å²) in [5.41, 5.74) is 0.721. The van der Waals surface area contributed by atoms with Crippen molar-refractivity contribution in [1.82, 2.24) is 10.0 Å². The molecule has 0 aromatic heterocycles. The van der Waals surface area contributed by atoms with Crippen LogP contribution in [-0.2, 0) is 28.7 Å². The fraction of sp³-hybridized carbons (Fsp3) is 0.467. The summed E-state index contributed by atoms with van der Waals surface area (Å²) < 4.78 is 22.7. The summed E-state index contributed by atoms with van der Waals surface area (Å²) in [6, 6.07) is 3.43. The number of hydrogen-bond donors (Lipinski definition) is 0. The van der Waals surface area contributed by atoms with Gasteiger partial charge in [-0.15, -0.1) is 0 Å². The number of ether oxygens (including phenoxy) is 4. The van der Waals surface area contributed by atoms with E-state index < -0.39 is 11.9 Å². The molecular weight excluding hydrogens is 580 g/mol. The van der Waals surface area contributed by atoms with Crippen molar-refractivity contribution in [3.05, 3.63) is 46.2 Å². The third-order valence-electron chi connectivity index (χ3n) is 6.11. The zero-order chi connectivity index (χ0) is 30.8. The molecule has 3 rings (SSSR count). The Morgan fingerprint density at radius 1 is 0.738 bits per heavy atom. The van der Waals surface area contributed by atoms with E-state index in [-0.39, 0.29) is 43.8 Å². The smallest absolute Gasteiger partial charge is 0.333 e. The van der Waals surface area contributed by atoms with Crippen molar-refractivity contribution in [1.29, 1.82) is 0 Å². The van der Waals surface area contributed by atoms with Crippen LogP contribution < -0.4 is 9.47 Å². The van der Waals surface area contributed by atoms with Gasteiger partial charge in [0.05, 0.1) is 14.0 Å². The van der Waals surface area contributed by atoms with Crippen molar-refractivity contribution in [2.45, 2.75) is 63.2 Å². The molecule has 0 aliphatic carbocycles. The number of hydrogen-bond acceptors (Lipinski definition) is 10. The fourth-order valence-electron chi connectivity index (χ4n) is 3.88. The van der Waals surface area contributed by atoms with Gasteiger partial charge in [-0.3, -0.25) is 9.59 Å². The monoisotopic (exact) mass is 618 g/mol. The molecule has 1 aromatic carbocycles. The van der Waals surface area contributed by atoms with Crippen LogP contribution in [0.5, 0.6) is 11.5 Å². The van der Waals surface area contributed by atoms with E-state index >= 15 is 0 Å². The summed E-state index contributed by atoms with van der Waals surface area (Å²) >= 11 is 2.55. The Kier molecular flexibility index (Phi) is 12.4. The Morgan fingerprint density at radius 3 is 1.50 bits per heavy atom. The van der Waals surface area contributed by atoms with E-state index in [0.29, 0.717) is 49.8 Å². The number of esters is 2. The van der Waals surface area contributed by atoms with E-state index in [9.17, 15) is 19.2 Å². The molecule has 0 atom stereocenters. The number of benzene rings is 1. The molecular formula is C30H38N2O8S2. The molecule has 2 aliphatic rings. The van der Waals surface area contributed by atoms with Crippen LogP contribution in [0.2, 0.25) is 0 Å². The number of rotatable bonds is 16. The van der Waals surface area contributed by atoms with Crippen LogP contribution in [0.15, 0.2) is 56.0 Å². The van der Waals surface area contributed by atoms with Gasteiger partial charge in [-0.1, -0.05) is 63.4 Å². The molecule has 0 radical (unpaired) electrons. The lowest BCUT2D eigenvalue weighted by molar-refractivity contribution is -0.147. The third-order valence-corrected chi connectivity index (χ3v) is 8.74. The average Bonchev–Trinajstić information content (AvgIpc) is 3.49. The van der Waals surface area contributed by atoms with Gasteiger partial charge in [-0.25, -0.2) is 19.6 Å². The quantitative estimate of drug-likeness (QED) is 0.105. The number of fused-ring (bicyclic) bond motifs is 1. The highest BCUT2D eigenvalue weighted by Gasteiger charge is 2.44. The minimum Gasteiger partial charge on any atom is -0.489 e. The maximum Gasteiger partial charge on any atom is 0.333 e. The number of thioether (sulfide) groups is 2. The number of carbonyl (C=O) groups excluding carboxylic acids is 4. The van der Waals surface area contributed by atoms with Crippen LogP contribution in [0.25, 0.3) is 0 Å². The molecule has 1 fully saturated rings. The second-order valence-corrected chi connectivity index (χ2v) is 12.0. The first kappa shape index (κ1) is 33.1. The molecule has 0 unspecified atom stereocenters. The van der Waals surface area contributed by atoms with E-state index in [1.165, 1.54) is 23.5 Å². The topological polar surface area (TPSA) is 112 Å². The van der Waals surface area contributed by atoms with E-state index in [1.807, 2.05) is 13.8 Å². The van der Waals surface area contributed by atoms with Gasteiger partial charge in [0.25, 0.3) is 11.8 Å². The lowest BCUT2D eigenvalue weighted by atomic mass is 10.3. The largest absolute Gasteiger partial charge is 0.489 e. The third kappa shape index (κ3) is 8.13. The molecule has 12 heteroatoms. The Labute approximate surface area is 255 Å². The van der Waals surface area contributed by atoms with Gasteiger partial charge < -0.3 is 18.9 Å². The first-order valence-corrected chi connectivity index (χ1v) is 15.5. The molecule has 228 valence electrons. The molecule has 2 aliphatic heterocycles. The zero-order valence-corrected chi connectivity index (χ0v) is 26.2.